The summed E-state index contributed by atoms with van der Waals surface area (Å²) in [6.07, 6.45) is 1.61. The molecule has 1 atom stereocenters. The van der Waals surface area contributed by atoms with Crippen LogP contribution in [0.25, 0.3) is 0 Å². The molecular weight excluding hydrogens is 176 g/mol. The van der Waals surface area contributed by atoms with Crippen molar-refractivity contribution in [1.29, 1.82) is 0 Å². The van der Waals surface area contributed by atoms with E-state index in [4.69, 9.17) is 5.11 Å². The monoisotopic (exact) mass is 192 g/mol. The molecule has 0 aliphatic carbocycles. The van der Waals surface area contributed by atoms with E-state index in [-0.39, 0.29) is 5.92 Å². The topological polar surface area (TPSA) is 37.3 Å². The van der Waals surface area contributed by atoms with Crippen molar-refractivity contribution < 1.29 is 9.90 Å². The first-order chi connectivity index (χ1) is 6.63. The molecule has 2 heteroatoms. The van der Waals surface area contributed by atoms with Gasteiger partial charge in [-0.25, -0.2) is 0 Å². The molecule has 0 aromatic heterocycles. The lowest BCUT2D eigenvalue weighted by atomic mass is 9.99. The molecule has 0 fully saturated rings. The molecule has 0 bridgehead atoms. The molecule has 0 saturated carbocycles. The summed E-state index contributed by atoms with van der Waals surface area (Å²) in [5, 5.41) is 8.77. The highest BCUT2D eigenvalue weighted by atomic mass is 16.4. The van der Waals surface area contributed by atoms with Crippen LogP contribution in [0.2, 0.25) is 0 Å². The Labute approximate surface area is 84.6 Å². The first-order valence-electron chi connectivity index (χ1n) is 4.94. The summed E-state index contributed by atoms with van der Waals surface area (Å²) in [4.78, 5) is 10.7. The van der Waals surface area contributed by atoms with Crippen LogP contribution in [0, 0.1) is 5.92 Å². The van der Waals surface area contributed by atoms with Crippen LogP contribution < -0.4 is 0 Å². The lowest BCUT2D eigenvalue weighted by Gasteiger charge is -2.07. The van der Waals surface area contributed by atoms with Crippen molar-refractivity contribution >= 4 is 5.97 Å². The first-order valence-corrected chi connectivity index (χ1v) is 4.94. The van der Waals surface area contributed by atoms with Gasteiger partial charge in [0, 0.05) is 0 Å². The molecule has 0 aliphatic rings. The van der Waals surface area contributed by atoms with E-state index < -0.39 is 5.97 Å². The average Bonchev–Trinajstić information content (AvgIpc) is 2.18. The summed E-state index contributed by atoms with van der Waals surface area (Å²) in [5.41, 5.74) is 2.37. The molecule has 1 N–H and O–H groups in total. The van der Waals surface area contributed by atoms with Gasteiger partial charge in [0.15, 0.2) is 0 Å². The Kier molecular flexibility index (Phi) is 3.69. The fraction of sp³-hybridized carbons (Fsp3) is 0.417. The number of aryl methyl sites for hydroxylation is 1. The smallest absolute Gasteiger partial charge is 0.306 e. The molecular formula is C12H16O2. The molecule has 1 rings (SSSR count). The van der Waals surface area contributed by atoms with E-state index in [0.717, 1.165) is 12.0 Å². The predicted octanol–water partition coefficient (Wildman–Crippen LogP) is 2.51. The number of aliphatic carboxylic acids is 1. The maximum Gasteiger partial charge on any atom is 0.306 e. The lowest BCUT2D eigenvalue weighted by molar-refractivity contribution is -0.141. The minimum Gasteiger partial charge on any atom is -0.481 e. The molecule has 14 heavy (non-hydrogen) atoms. The zero-order valence-electron chi connectivity index (χ0n) is 8.66. The molecule has 0 amide bonds. The fourth-order valence-electron chi connectivity index (χ4n) is 1.42. The quantitative estimate of drug-likeness (QED) is 0.795. The van der Waals surface area contributed by atoms with Crippen molar-refractivity contribution in [3.05, 3.63) is 35.4 Å². The minimum absolute atomic E-state index is 0.304. The molecule has 1 aromatic carbocycles. The highest BCUT2D eigenvalue weighted by Crippen LogP contribution is 2.11. The fourth-order valence-corrected chi connectivity index (χ4v) is 1.42. The van der Waals surface area contributed by atoms with Crippen molar-refractivity contribution in [3.8, 4) is 0 Å². The van der Waals surface area contributed by atoms with Gasteiger partial charge in [0.05, 0.1) is 5.92 Å². The summed E-state index contributed by atoms with van der Waals surface area (Å²) < 4.78 is 0. The average molecular weight is 192 g/mol. The van der Waals surface area contributed by atoms with Gasteiger partial charge >= 0.3 is 5.97 Å². The highest BCUT2D eigenvalue weighted by Gasteiger charge is 2.11. The SMILES string of the molecule is CCc1cccc(CC(C)C(=O)O)c1. The molecule has 1 aromatic rings. The van der Waals surface area contributed by atoms with E-state index in [0.29, 0.717) is 6.42 Å². The molecule has 0 heterocycles. The van der Waals surface area contributed by atoms with Crippen LogP contribution in [0.1, 0.15) is 25.0 Å². The second kappa shape index (κ2) is 4.80. The van der Waals surface area contributed by atoms with Crippen molar-refractivity contribution in [1.82, 2.24) is 0 Å². The Morgan fingerprint density at radius 2 is 2.07 bits per heavy atom. The number of rotatable bonds is 4. The van der Waals surface area contributed by atoms with Crippen LogP contribution in [-0.2, 0) is 17.6 Å². The Balaban J connectivity index is 2.71. The largest absolute Gasteiger partial charge is 0.481 e. The van der Waals surface area contributed by atoms with Crippen LogP contribution >= 0.6 is 0 Å². The number of carboxylic acids is 1. The van der Waals surface area contributed by atoms with Crippen LogP contribution in [0.4, 0.5) is 0 Å². The van der Waals surface area contributed by atoms with E-state index in [2.05, 4.69) is 19.1 Å². The summed E-state index contributed by atoms with van der Waals surface area (Å²) >= 11 is 0. The first kappa shape index (κ1) is 10.8. The van der Waals surface area contributed by atoms with Crippen molar-refractivity contribution in [3.63, 3.8) is 0 Å². The number of hydrogen-bond donors (Lipinski definition) is 1. The third-order valence-corrected chi connectivity index (χ3v) is 2.36. The summed E-state index contributed by atoms with van der Waals surface area (Å²) in [5.74, 6) is -1.03. The molecule has 0 radical (unpaired) electrons. The zero-order valence-corrected chi connectivity index (χ0v) is 8.66. The number of hydrogen-bond acceptors (Lipinski definition) is 1. The Bertz CT molecular complexity index is 318. The predicted molar refractivity (Wildman–Crippen MR) is 56.3 cm³/mol. The van der Waals surface area contributed by atoms with Gasteiger partial charge in [0.2, 0.25) is 0 Å². The maximum atomic E-state index is 10.7. The summed E-state index contributed by atoms with van der Waals surface area (Å²) in [7, 11) is 0. The van der Waals surface area contributed by atoms with Crippen LogP contribution in [0.15, 0.2) is 24.3 Å². The van der Waals surface area contributed by atoms with Gasteiger partial charge in [-0.1, -0.05) is 38.1 Å². The summed E-state index contributed by atoms with van der Waals surface area (Å²) in [6.45, 7) is 3.83. The summed E-state index contributed by atoms with van der Waals surface area (Å²) in [6, 6.07) is 8.12. The highest BCUT2D eigenvalue weighted by molar-refractivity contribution is 5.69. The van der Waals surface area contributed by atoms with E-state index in [1.165, 1.54) is 5.56 Å². The van der Waals surface area contributed by atoms with Crippen LogP contribution in [0.3, 0.4) is 0 Å². The van der Waals surface area contributed by atoms with E-state index in [1.807, 2.05) is 12.1 Å². The Morgan fingerprint density at radius 1 is 1.43 bits per heavy atom. The normalized spacial score (nSPS) is 12.4. The van der Waals surface area contributed by atoms with Crippen molar-refractivity contribution in [2.24, 2.45) is 5.92 Å². The van der Waals surface area contributed by atoms with Gasteiger partial charge in [-0.3, -0.25) is 4.79 Å². The number of carbonyl (C=O) groups is 1. The van der Waals surface area contributed by atoms with Gasteiger partial charge in [0.25, 0.3) is 0 Å². The van der Waals surface area contributed by atoms with Crippen molar-refractivity contribution in [2.75, 3.05) is 0 Å². The molecule has 0 spiro atoms. The second-order valence-corrected chi connectivity index (χ2v) is 3.62. The van der Waals surface area contributed by atoms with Gasteiger partial charge in [-0.05, 0) is 24.0 Å². The van der Waals surface area contributed by atoms with Gasteiger partial charge in [-0.2, -0.15) is 0 Å². The minimum atomic E-state index is -0.730. The van der Waals surface area contributed by atoms with E-state index in [9.17, 15) is 4.79 Å². The van der Waals surface area contributed by atoms with E-state index >= 15 is 0 Å². The lowest BCUT2D eigenvalue weighted by Crippen LogP contribution is -2.12. The van der Waals surface area contributed by atoms with Crippen LogP contribution in [-0.4, -0.2) is 11.1 Å². The van der Waals surface area contributed by atoms with Crippen molar-refractivity contribution in [2.45, 2.75) is 26.7 Å². The zero-order chi connectivity index (χ0) is 10.6. The third-order valence-electron chi connectivity index (χ3n) is 2.36. The Hall–Kier alpha value is -1.31. The number of benzene rings is 1. The third kappa shape index (κ3) is 2.87. The standard InChI is InChI=1S/C12H16O2/c1-3-10-5-4-6-11(8-10)7-9(2)12(13)14/h4-6,8-9H,3,7H2,1-2H3,(H,13,14). The molecule has 0 saturated heterocycles. The molecule has 0 aliphatic heterocycles. The molecule has 2 nitrogen and oxygen atoms in total. The van der Waals surface area contributed by atoms with Crippen LogP contribution in [0.5, 0.6) is 0 Å². The van der Waals surface area contributed by atoms with Gasteiger partial charge in [-0.15, -0.1) is 0 Å². The van der Waals surface area contributed by atoms with Gasteiger partial charge in [0.1, 0.15) is 0 Å². The number of carboxylic acid groups (broad SMARTS) is 1. The molecule has 76 valence electrons. The second-order valence-electron chi connectivity index (χ2n) is 3.62. The molecule has 1 unspecified atom stereocenters. The van der Waals surface area contributed by atoms with Gasteiger partial charge < -0.3 is 5.11 Å². The Morgan fingerprint density at radius 3 is 2.64 bits per heavy atom. The van der Waals surface area contributed by atoms with E-state index in [1.54, 1.807) is 6.92 Å². The maximum absolute atomic E-state index is 10.7.